The fraction of sp³-hybridized carbons (Fsp3) is 0.429. The minimum Gasteiger partial charge on any atom is -0.479 e. The fourth-order valence-corrected chi connectivity index (χ4v) is 2.02. The summed E-state index contributed by atoms with van der Waals surface area (Å²) in [5.41, 5.74) is 0.363. The van der Waals surface area contributed by atoms with E-state index in [2.05, 4.69) is 10.1 Å². The van der Waals surface area contributed by atoms with Crippen LogP contribution >= 0.6 is 11.6 Å². The SMILES string of the molecule is CC(C)Cn1ncnc1COc1c(F)cc(CCl)cc1F. The molecule has 0 radical (unpaired) electrons. The van der Waals surface area contributed by atoms with E-state index in [4.69, 9.17) is 16.3 Å². The van der Waals surface area contributed by atoms with Crippen LogP contribution in [0.4, 0.5) is 8.78 Å². The quantitative estimate of drug-likeness (QED) is 0.766. The van der Waals surface area contributed by atoms with Crippen LogP contribution < -0.4 is 4.74 Å². The second-order valence-electron chi connectivity index (χ2n) is 5.06. The Bertz CT molecular complexity index is 593. The summed E-state index contributed by atoms with van der Waals surface area (Å²) in [6, 6.07) is 2.31. The third kappa shape index (κ3) is 3.91. The van der Waals surface area contributed by atoms with Crippen molar-refractivity contribution in [3.05, 3.63) is 41.5 Å². The molecule has 0 unspecified atom stereocenters. The summed E-state index contributed by atoms with van der Waals surface area (Å²) in [5, 5.41) is 4.06. The fourth-order valence-electron chi connectivity index (χ4n) is 1.86. The maximum atomic E-state index is 13.8. The molecule has 0 aliphatic rings. The molecule has 0 aliphatic carbocycles. The molecule has 21 heavy (non-hydrogen) atoms. The molecule has 0 fully saturated rings. The van der Waals surface area contributed by atoms with E-state index in [1.807, 2.05) is 13.8 Å². The van der Waals surface area contributed by atoms with Gasteiger partial charge >= 0.3 is 0 Å². The van der Waals surface area contributed by atoms with Crippen LogP contribution in [0.2, 0.25) is 0 Å². The number of nitrogens with zero attached hydrogens (tertiary/aromatic N) is 3. The monoisotopic (exact) mass is 315 g/mol. The summed E-state index contributed by atoms with van der Waals surface area (Å²) in [6.07, 6.45) is 1.39. The molecule has 0 amide bonds. The van der Waals surface area contributed by atoms with Crippen molar-refractivity contribution < 1.29 is 13.5 Å². The molecule has 1 aromatic carbocycles. The summed E-state index contributed by atoms with van der Waals surface area (Å²) in [4.78, 5) is 4.04. The first kappa shape index (κ1) is 15.7. The highest BCUT2D eigenvalue weighted by atomic mass is 35.5. The second-order valence-corrected chi connectivity index (χ2v) is 5.33. The minimum absolute atomic E-state index is 0.0385. The van der Waals surface area contributed by atoms with Gasteiger partial charge in [-0.25, -0.2) is 18.4 Å². The van der Waals surface area contributed by atoms with Crippen LogP contribution in [0.25, 0.3) is 0 Å². The molecule has 0 atom stereocenters. The number of rotatable bonds is 6. The average Bonchev–Trinajstić information content (AvgIpc) is 2.84. The molecular formula is C14H16ClF2N3O. The summed E-state index contributed by atoms with van der Waals surface area (Å²) in [7, 11) is 0. The van der Waals surface area contributed by atoms with Gasteiger partial charge in [0, 0.05) is 12.4 Å². The summed E-state index contributed by atoms with van der Waals surface area (Å²) < 4.78 is 34.4. The van der Waals surface area contributed by atoms with Crippen molar-refractivity contribution in [2.24, 2.45) is 5.92 Å². The van der Waals surface area contributed by atoms with Gasteiger partial charge in [-0.2, -0.15) is 5.10 Å². The van der Waals surface area contributed by atoms with Gasteiger partial charge < -0.3 is 4.74 Å². The van der Waals surface area contributed by atoms with E-state index < -0.39 is 17.4 Å². The Labute approximate surface area is 126 Å². The molecule has 0 N–H and O–H groups in total. The normalized spacial score (nSPS) is 11.1. The number of aromatic nitrogens is 3. The molecule has 114 valence electrons. The standard InChI is InChI=1S/C14H16ClF2N3O/c1-9(2)6-20-13(18-8-19-20)7-21-14-11(16)3-10(5-15)4-12(14)17/h3-4,8-9H,5-7H2,1-2H3. The van der Waals surface area contributed by atoms with E-state index in [1.165, 1.54) is 6.33 Å². The predicted molar refractivity (Wildman–Crippen MR) is 75.1 cm³/mol. The van der Waals surface area contributed by atoms with Crippen molar-refractivity contribution >= 4 is 11.6 Å². The van der Waals surface area contributed by atoms with Crippen LogP contribution in [0.3, 0.4) is 0 Å². The lowest BCUT2D eigenvalue weighted by atomic mass is 10.2. The first-order chi connectivity index (χ1) is 10.0. The van der Waals surface area contributed by atoms with Gasteiger partial charge in [0.15, 0.2) is 23.2 Å². The minimum atomic E-state index is -0.777. The number of hydrogen-bond acceptors (Lipinski definition) is 3. The largest absolute Gasteiger partial charge is 0.479 e. The van der Waals surface area contributed by atoms with E-state index in [1.54, 1.807) is 4.68 Å². The molecule has 2 rings (SSSR count). The number of hydrogen-bond donors (Lipinski definition) is 0. The maximum absolute atomic E-state index is 13.8. The molecule has 0 spiro atoms. The molecule has 7 heteroatoms. The van der Waals surface area contributed by atoms with Crippen molar-refractivity contribution in [1.29, 1.82) is 0 Å². The molecule has 0 aliphatic heterocycles. The van der Waals surface area contributed by atoms with E-state index >= 15 is 0 Å². The van der Waals surface area contributed by atoms with Crippen LogP contribution in [0.15, 0.2) is 18.5 Å². The third-order valence-electron chi connectivity index (χ3n) is 2.79. The van der Waals surface area contributed by atoms with Crippen molar-refractivity contribution in [2.75, 3.05) is 0 Å². The van der Waals surface area contributed by atoms with Gasteiger partial charge in [0.1, 0.15) is 12.9 Å². The van der Waals surface area contributed by atoms with Gasteiger partial charge in [-0.05, 0) is 23.6 Å². The average molecular weight is 316 g/mol. The molecule has 0 bridgehead atoms. The molecule has 2 aromatic rings. The lowest BCUT2D eigenvalue weighted by Crippen LogP contribution is -2.13. The first-order valence-corrected chi connectivity index (χ1v) is 7.08. The maximum Gasteiger partial charge on any atom is 0.191 e. The van der Waals surface area contributed by atoms with Gasteiger partial charge in [-0.1, -0.05) is 13.8 Å². The highest BCUT2D eigenvalue weighted by Gasteiger charge is 2.14. The zero-order valence-corrected chi connectivity index (χ0v) is 12.6. The van der Waals surface area contributed by atoms with Gasteiger partial charge in [-0.3, -0.25) is 0 Å². The van der Waals surface area contributed by atoms with Crippen molar-refractivity contribution in [1.82, 2.24) is 14.8 Å². The number of ether oxygens (including phenoxy) is 1. The Morgan fingerprint density at radius 1 is 1.29 bits per heavy atom. The Hall–Kier alpha value is -1.69. The Morgan fingerprint density at radius 2 is 1.95 bits per heavy atom. The number of benzene rings is 1. The van der Waals surface area contributed by atoms with Crippen molar-refractivity contribution in [3.8, 4) is 5.75 Å². The summed E-state index contributed by atoms with van der Waals surface area (Å²) in [5.74, 6) is -1.05. The number of alkyl halides is 1. The first-order valence-electron chi connectivity index (χ1n) is 6.54. The summed E-state index contributed by atoms with van der Waals surface area (Å²) in [6.45, 7) is 4.68. The van der Waals surface area contributed by atoms with Crippen LogP contribution in [-0.2, 0) is 19.0 Å². The van der Waals surface area contributed by atoms with Gasteiger partial charge in [0.05, 0.1) is 0 Å². The van der Waals surface area contributed by atoms with Gasteiger partial charge in [0.25, 0.3) is 0 Å². The predicted octanol–water partition coefficient (Wildman–Crippen LogP) is 3.53. The Balaban J connectivity index is 2.12. The smallest absolute Gasteiger partial charge is 0.191 e. The number of halogens is 3. The zero-order chi connectivity index (χ0) is 15.4. The van der Waals surface area contributed by atoms with Crippen LogP contribution in [-0.4, -0.2) is 14.8 Å². The lowest BCUT2D eigenvalue weighted by molar-refractivity contribution is 0.256. The van der Waals surface area contributed by atoms with Crippen molar-refractivity contribution in [3.63, 3.8) is 0 Å². The van der Waals surface area contributed by atoms with Crippen molar-refractivity contribution in [2.45, 2.75) is 32.9 Å². The molecule has 0 saturated heterocycles. The zero-order valence-electron chi connectivity index (χ0n) is 11.8. The highest BCUT2D eigenvalue weighted by molar-refractivity contribution is 6.17. The van der Waals surface area contributed by atoms with Crippen LogP contribution in [0.5, 0.6) is 5.75 Å². The molecule has 1 aromatic heterocycles. The molecular weight excluding hydrogens is 300 g/mol. The van der Waals surface area contributed by atoms with Crippen LogP contribution in [0, 0.1) is 17.6 Å². The lowest BCUT2D eigenvalue weighted by Gasteiger charge is -2.11. The third-order valence-corrected chi connectivity index (χ3v) is 3.10. The Kier molecular flexibility index (Phi) is 5.12. The second kappa shape index (κ2) is 6.85. The molecule has 0 saturated carbocycles. The van der Waals surface area contributed by atoms with Gasteiger partial charge in [-0.15, -0.1) is 11.6 Å². The van der Waals surface area contributed by atoms with E-state index in [0.29, 0.717) is 23.9 Å². The molecule has 1 heterocycles. The topological polar surface area (TPSA) is 39.9 Å². The van der Waals surface area contributed by atoms with Crippen LogP contribution in [0.1, 0.15) is 25.2 Å². The Morgan fingerprint density at radius 3 is 2.52 bits per heavy atom. The van der Waals surface area contributed by atoms with E-state index in [0.717, 1.165) is 12.1 Å². The van der Waals surface area contributed by atoms with E-state index in [-0.39, 0.29) is 12.5 Å². The van der Waals surface area contributed by atoms with E-state index in [9.17, 15) is 8.78 Å². The summed E-state index contributed by atoms with van der Waals surface area (Å²) >= 11 is 5.55. The molecule has 4 nitrogen and oxygen atoms in total. The van der Waals surface area contributed by atoms with Gasteiger partial charge in [0.2, 0.25) is 0 Å². The highest BCUT2D eigenvalue weighted by Crippen LogP contribution is 2.24.